The number of halogens is 3. The molecule has 0 bridgehead atoms. The van der Waals surface area contributed by atoms with Crippen LogP contribution < -0.4 is 5.32 Å². The third kappa shape index (κ3) is 4.84. The second kappa shape index (κ2) is 8.07. The van der Waals surface area contributed by atoms with Crippen molar-refractivity contribution in [2.45, 2.75) is 56.8 Å². The second-order valence-corrected chi connectivity index (χ2v) is 11.1. The molecule has 30 heavy (non-hydrogen) atoms. The monoisotopic (exact) mass is 452 g/mol. The fourth-order valence-electron chi connectivity index (χ4n) is 4.37. The molecular formula is C19H31F3N4O3S. The molecular weight excluding hydrogens is 421 g/mol. The van der Waals surface area contributed by atoms with Crippen molar-refractivity contribution in [3.63, 3.8) is 0 Å². The van der Waals surface area contributed by atoms with Crippen LogP contribution in [0, 0.1) is 11.3 Å². The van der Waals surface area contributed by atoms with Crippen molar-refractivity contribution in [1.82, 2.24) is 19.4 Å². The van der Waals surface area contributed by atoms with Gasteiger partial charge in [0.25, 0.3) is 10.0 Å². The number of rotatable bonds is 7. The van der Waals surface area contributed by atoms with Gasteiger partial charge in [0, 0.05) is 44.8 Å². The molecule has 1 aromatic heterocycles. The van der Waals surface area contributed by atoms with Gasteiger partial charge in [-0.3, -0.25) is 4.68 Å². The molecule has 0 unspecified atom stereocenters. The van der Waals surface area contributed by atoms with Crippen LogP contribution in [-0.2, 0) is 28.0 Å². The summed E-state index contributed by atoms with van der Waals surface area (Å²) < 4.78 is 72.1. The highest BCUT2D eigenvalue weighted by Crippen LogP contribution is 2.38. The third-order valence-corrected chi connectivity index (χ3v) is 8.09. The molecule has 2 saturated heterocycles. The van der Waals surface area contributed by atoms with E-state index in [1.807, 2.05) is 6.92 Å². The van der Waals surface area contributed by atoms with Gasteiger partial charge in [-0.1, -0.05) is 6.92 Å². The Hall–Kier alpha value is -1.17. The highest BCUT2D eigenvalue weighted by atomic mass is 32.2. The lowest BCUT2D eigenvalue weighted by Gasteiger charge is -2.49. The number of aryl methyl sites for hydroxylation is 1. The first-order chi connectivity index (χ1) is 13.8. The number of nitrogens with one attached hydrogen (secondary N) is 1. The number of nitrogens with zero attached hydrogens (tertiary/aromatic N) is 3. The maximum absolute atomic E-state index is 12.9. The van der Waals surface area contributed by atoms with Crippen LogP contribution in [0.15, 0.2) is 11.1 Å². The van der Waals surface area contributed by atoms with Crippen LogP contribution in [0.5, 0.6) is 0 Å². The van der Waals surface area contributed by atoms with Gasteiger partial charge in [0.1, 0.15) is 0 Å². The lowest BCUT2D eigenvalue weighted by atomic mass is 9.79. The van der Waals surface area contributed by atoms with Crippen molar-refractivity contribution in [3.05, 3.63) is 11.8 Å². The van der Waals surface area contributed by atoms with Gasteiger partial charge in [-0.15, -0.1) is 0 Å². The second-order valence-electron chi connectivity index (χ2n) is 9.21. The van der Waals surface area contributed by atoms with Crippen LogP contribution in [-0.4, -0.2) is 60.9 Å². The van der Waals surface area contributed by atoms with Gasteiger partial charge in [-0.05, 0) is 45.6 Å². The molecule has 1 aromatic rings. The maximum Gasteiger partial charge on any atom is 0.435 e. The van der Waals surface area contributed by atoms with E-state index < -0.39 is 26.9 Å². The van der Waals surface area contributed by atoms with Crippen molar-refractivity contribution < 1.29 is 26.3 Å². The molecule has 7 nitrogen and oxygen atoms in total. The number of ether oxygens (including phenoxy) is 1. The van der Waals surface area contributed by atoms with Crippen LogP contribution in [0.25, 0.3) is 0 Å². The first-order valence-electron chi connectivity index (χ1n) is 10.2. The fourth-order valence-corrected chi connectivity index (χ4v) is 6.16. The average molecular weight is 453 g/mol. The van der Waals surface area contributed by atoms with Crippen molar-refractivity contribution in [2.75, 3.05) is 32.8 Å². The Labute approximate surface area is 176 Å². The summed E-state index contributed by atoms with van der Waals surface area (Å²) in [6.07, 6.45) is -1.93. The summed E-state index contributed by atoms with van der Waals surface area (Å²) in [4.78, 5) is 0. The molecule has 1 atom stereocenters. The lowest BCUT2D eigenvalue weighted by Crippen LogP contribution is -2.62. The molecule has 0 aromatic carbocycles. The molecule has 2 fully saturated rings. The van der Waals surface area contributed by atoms with Crippen molar-refractivity contribution in [2.24, 2.45) is 18.4 Å². The predicted octanol–water partition coefficient (Wildman–Crippen LogP) is 2.63. The van der Waals surface area contributed by atoms with Crippen molar-refractivity contribution in [1.29, 1.82) is 0 Å². The Balaban J connectivity index is 1.59. The highest BCUT2D eigenvalue weighted by Gasteiger charge is 2.48. The number of hydrogen-bond acceptors (Lipinski definition) is 5. The fraction of sp³-hybridized carbons (Fsp3) is 0.842. The summed E-state index contributed by atoms with van der Waals surface area (Å²) in [5.74, 6) is 0.512. The molecule has 172 valence electrons. The van der Waals surface area contributed by atoms with Gasteiger partial charge < -0.3 is 10.1 Å². The van der Waals surface area contributed by atoms with Gasteiger partial charge in [0.15, 0.2) is 10.7 Å². The Bertz CT molecular complexity index is 861. The van der Waals surface area contributed by atoms with E-state index in [9.17, 15) is 21.6 Å². The molecule has 3 heterocycles. The number of alkyl halides is 3. The number of sulfonamides is 1. The van der Waals surface area contributed by atoms with E-state index in [2.05, 4.69) is 24.3 Å². The van der Waals surface area contributed by atoms with Crippen LogP contribution in [0.2, 0.25) is 0 Å². The minimum absolute atomic E-state index is 0.118. The largest absolute Gasteiger partial charge is 0.435 e. The minimum atomic E-state index is -4.68. The summed E-state index contributed by atoms with van der Waals surface area (Å²) in [5, 5.41) is 6.38. The normalized spacial score (nSPS) is 24.6. The molecule has 2 aliphatic rings. The van der Waals surface area contributed by atoms with E-state index in [4.69, 9.17) is 4.74 Å². The standard InChI is InChI=1S/C19H31F3N4O3S/c1-5-18(11-23-10-14-6-7-29-17(2,3)9-14)12-26(13-18)30(27,28)16-8-15(19(20,21)22)24-25(16)4/h8,14,23H,5-7,9-13H2,1-4H3/t14-/m0/s1. The molecule has 0 radical (unpaired) electrons. The van der Waals surface area contributed by atoms with E-state index >= 15 is 0 Å². The zero-order valence-corrected chi connectivity index (χ0v) is 18.7. The first kappa shape index (κ1) is 23.5. The molecule has 0 amide bonds. The molecule has 0 spiro atoms. The van der Waals surface area contributed by atoms with Crippen LogP contribution in [0.3, 0.4) is 0 Å². The van der Waals surface area contributed by atoms with E-state index in [0.717, 1.165) is 37.1 Å². The van der Waals surface area contributed by atoms with Crippen LogP contribution in [0.4, 0.5) is 13.2 Å². The van der Waals surface area contributed by atoms with Gasteiger partial charge in [0.05, 0.1) is 5.60 Å². The van der Waals surface area contributed by atoms with Gasteiger partial charge in [-0.2, -0.15) is 22.6 Å². The van der Waals surface area contributed by atoms with E-state index in [0.29, 0.717) is 18.5 Å². The van der Waals surface area contributed by atoms with Crippen molar-refractivity contribution >= 4 is 10.0 Å². The summed E-state index contributed by atoms with van der Waals surface area (Å²) in [6, 6.07) is 0.604. The van der Waals surface area contributed by atoms with Gasteiger partial charge in [0.2, 0.25) is 0 Å². The SMILES string of the molecule is CCC1(CNC[C@H]2CCOC(C)(C)C2)CN(S(=O)(=O)c2cc(C(F)(F)F)nn2C)C1. The summed E-state index contributed by atoms with van der Waals surface area (Å²) >= 11 is 0. The molecule has 3 rings (SSSR count). The molecule has 1 N–H and O–H groups in total. The smallest absolute Gasteiger partial charge is 0.376 e. The summed E-state index contributed by atoms with van der Waals surface area (Å²) in [5.41, 5.74) is -1.53. The maximum atomic E-state index is 12.9. The van der Waals surface area contributed by atoms with Crippen LogP contribution >= 0.6 is 0 Å². The predicted molar refractivity (Wildman–Crippen MR) is 105 cm³/mol. The van der Waals surface area contributed by atoms with E-state index in [1.54, 1.807) is 0 Å². The third-order valence-electron chi connectivity index (χ3n) is 6.24. The van der Waals surface area contributed by atoms with Gasteiger partial charge >= 0.3 is 6.18 Å². The Morgan fingerprint density at radius 2 is 2.00 bits per heavy atom. The Kier molecular flexibility index (Phi) is 6.32. The quantitative estimate of drug-likeness (QED) is 0.688. The summed E-state index contributed by atoms with van der Waals surface area (Å²) in [6.45, 7) is 9.01. The number of aromatic nitrogens is 2. The zero-order valence-electron chi connectivity index (χ0n) is 17.9. The molecule has 2 aliphatic heterocycles. The van der Waals surface area contributed by atoms with Gasteiger partial charge in [-0.25, -0.2) is 8.42 Å². The molecule has 0 saturated carbocycles. The number of hydrogen-bond donors (Lipinski definition) is 1. The lowest BCUT2D eigenvalue weighted by molar-refractivity contribution is -0.141. The van der Waals surface area contributed by atoms with Crippen molar-refractivity contribution in [3.8, 4) is 0 Å². The molecule has 11 heteroatoms. The minimum Gasteiger partial charge on any atom is -0.376 e. The van der Waals surface area contributed by atoms with Crippen LogP contribution in [0.1, 0.15) is 45.7 Å². The Morgan fingerprint density at radius 3 is 2.53 bits per heavy atom. The zero-order chi connectivity index (χ0) is 22.4. The highest BCUT2D eigenvalue weighted by molar-refractivity contribution is 7.89. The van der Waals surface area contributed by atoms with E-state index in [1.165, 1.54) is 11.4 Å². The van der Waals surface area contributed by atoms with E-state index in [-0.39, 0.29) is 24.1 Å². The summed E-state index contributed by atoms with van der Waals surface area (Å²) in [7, 11) is -2.81. The first-order valence-corrected chi connectivity index (χ1v) is 11.7. The molecule has 0 aliphatic carbocycles. The Morgan fingerprint density at radius 1 is 1.33 bits per heavy atom. The topological polar surface area (TPSA) is 76.5 Å². The average Bonchev–Trinajstić information content (AvgIpc) is 2.99.